The SMILES string of the molecule is CC(C)C(O)CN1CC(C(C)(C)C)C1. The van der Waals surface area contributed by atoms with Crippen molar-refractivity contribution in [2.75, 3.05) is 19.6 Å². The van der Waals surface area contributed by atoms with Crippen LogP contribution in [-0.2, 0) is 0 Å². The second-order valence-corrected chi connectivity index (χ2v) is 6.09. The molecule has 0 amide bonds. The zero-order valence-corrected chi connectivity index (χ0v) is 10.2. The van der Waals surface area contributed by atoms with E-state index in [4.69, 9.17) is 0 Å². The molecule has 1 aliphatic heterocycles. The average Bonchev–Trinajstić information content (AvgIpc) is 1.92. The van der Waals surface area contributed by atoms with E-state index in [2.05, 4.69) is 39.5 Å². The summed E-state index contributed by atoms with van der Waals surface area (Å²) in [6.45, 7) is 14.2. The Morgan fingerprint density at radius 1 is 1.29 bits per heavy atom. The Morgan fingerprint density at radius 3 is 2.14 bits per heavy atom. The van der Waals surface area contributed by atoms with E-state index in [1.807, 2.05) is 0 Å². The number of hydrogen-bond acceptors (Lipinski definition) is 2. The van der Waals surface area contributed by atoms with Crippen molar-refractivity contribution in [2.45, 2.75) is 40.7 Å². The van der Waals surface area contributed by atoms with Crippen LogP contribution in [-0.4, -0.2) is 35.7 Å². The summed E-state index contributed by atoms with van der Waals surface area (Å²) in [5, 5.41) is 9.71. The van der Waals surface area contributed by atoms with E-state index in [0.717, 1.165) is 25.6 Å². The minimum absolute atomic E-state index is 0.157. The minimum atomic E-state index is -0.157. The van der Waals surface area contributed by atoms with Crippen molar-refractivity contribution in [3.05, 3.63) is 0 Å². The average molecular weight is 199 g/mol. The first-order chi connectivity index (χ1) is 6.30. The molecule has 84 valence electrons. The zero-order valence-electron chi connectivity index (χ0n) is 10.2. The predicted octanol–water partition coefficient (Wildman–Crippen LogP) is 1.98. The maximum Gasteiger partial charge on any atom is 0.0689 e. The Bertz CT molecular complexity index is 177. The lowest BCUT2D eigenvalue weighted by Gasteiger charge is -2.47. The summed E-state index contributed by atoms with van der Waals surface area (Å²) in [5.74, 6) is 1.19. The van der Waals surface area contributed by atoms with Crippen LogP contribution >= 0.6 is 0 Å². The summed E-state index contributed by atoms with van der Waals surface area (Å²) in [6.07, 6.45) is -0.157. The third-order valence-electron chi connectivity index (χ3n) is 3.40. The first kappa shape index (κ1) is 12.0. The largest absolute Gasteiger partial charge is 0.392 e. The summed E-state index contributed by atoms with van der Waals surface area (Å²) in [7, 11) is 0. The summed E-state index contributed by atoms with van der Waals surface area (Å²) in [5.41, 5.74) is 0.430. The molecule has 0 saturated carbocycles. The van der Waals surface area contributed by atoms with Crippen LogP contribution in [0.25, 0.3) is 0 Å². The fraction of sp³-hybridized carbons (Fsp3) is 1.00. The first-order valence-electron chi connectivity index (χ1n) is 5.71. The topological polar surface area (TPSA) is 23.5 Å². The third-order valence-corrected chi connectivity index (χ3v) is 3.40. The fourth-order valence-electron chi connectivity index (χ4n) is 1.74. The molecule has 14 heavy (non-hydrogen) atoms. The van der Waals surface area contributed by atoms with Gasteiger partial charge in [-0.25, -0.2) is 0 Å². The number of β-amino-alcohol motifs (C(OH)–C–C–N with tert-alkyl or cyclic N) is 1. The normalized spacial score (nSPS) is 22.5. The van der Waals surface area contributed by atoms with Gasteiger partial charge in [-0.3, -0.25) is 0 Å². The van der Waals surface area contributed by atoms with Crippen LogP contribution in [0.5, 0.6) is 0 Å². The van der Waals surface area contributed by atoms with Crippen molar-refractivity contribution in [1.82, 2.24) is 4.90 Å². The van der Waals surface area contributed by atoms with Crippen LogP contribution in [0.2, 0.25) is 0 Å². The molecule has 1 atom stereocenters. The molecule has 0 aliphatic carbocycles. The number of aliphatic hydroxyl groups is 1. The number of aliphatic hydroxyl groups excluding tert-OH is 1. The molecular formula is C12H25NO. The van der Waals surface area contributed by atoms with Gasteiger partial charge in [0.2, 0.25) is 0 Å². The first-order valence-corrected chi connectivity index (χ1v) is 5.71. The van der Waals surface area contributed by atoms with E-state index in [-0.39, 0.29) is 6.10 Å². The standard InChI is InChI=1S/C12H25NO/c1-9(2)11(14)8-13-6-10(7-13)12(3,4)5/h9-11,14H,6-8H2,1-5H3. The lowest BCUT2D eigenvalue weighted by molar-refractivity contribution is -0.0168. The number of hydrogen-bond donors (Lipinski definition) is 1. The highest BCUT2D eigenvalue weighted by Crippen LogP contribution is 2.33. The third kappa shape index (κ3) is 2.96. The van der Waals surface area contributed by atoms with E-state index in [1.165, 1.54) is 0 Å². The van der Waals surface area contributed by atoms with Crippen LogP contribution in [0.4, 0.5) is 0 Å². The molecule has 1 unspecified atom stereocenters. The molecular weight excluding hydrogens is 174 g/mol. The fourth-order valence-corrected chi connectivity index (χ4v) is 1.74. The van der Waals surface area contributed by atoms with E-state index in [0.29, 0.717) is 11.3 Å². The molecule has 1 saturated heterocycles. The summed E-state index contributed by atoms with van der Waals surface area (Å²) in [6, 6.07) is 0. The van der Waals surface area contributed by atoms with Gasteiger partial charge in [0.25, 0.3) is 0 Å². The van der Waals surface area contributed by atoms with Gasteiger partial charge in [-0.2, -0.15) is 0 Å². The second kappa shape index (κ2) is 4.19. The minimum Gasteiger partial charge on any atom is -0.392 e. The quantitative estimate of drug-likeness (QED) is 0.751. The highest BCUT2D eigenvalue weighted by molar-refractivity contribution is 4.88. The lowest BCUT2D eigenvalue weighted by Crippen LogP contribution is -2.54. The summed E-state index contributed by atoms with van der Waals surface area (Å²) >= 11 is 0. The lowest BCUT2D eigenvalue weighted by atomic mass is 9.76. The molecule has 1 heterocycles. The second-order valence-electron chi connectivity index (χ2n) is 6.09. The molecule has 1 aliphatic rings. The Morgan fingerprint density at radius 2 is 1.79 bits per heavy atom. The molecule has 0 aromatic carbocycles. The molecule has 2 nitrogen and oxygen atoms in total. The monoisotopic (exact) mass is 199 g/mol. The molecule has 0 aromatic rings. The molecule has 2 heteroatoms. The molecule has 1 N–H and O–H groups in total. The van der Waals surface area contributed by atoms with Crippen molar-refractivity contribution in [1.29, 1.82) is 0 Å². The maximum absolute atomic E-state index is 9.71. The number of likely N-dealkylation sites (tertiary alicyclic amines) is 1. The number of nitrogens with zero attached hydrogens (tertiary/aromatic N) is 1. The molecule has 1 fully saturated rings. The van der Waals surface area contributed by atoms with Crippen LogP contribution in [0.1, 0.15) is 34.6 Å². The summed E-state index contributed by atoms with van der Waals surface area (Å²) in [4.78, 5) is 2.36. The van der Waals surface area contributed by atoms with Crippen molar-refractivity contribution >= 4 is 0 Å². The van der Waals surface area contributed by atoms with Crippen LogP contribution < -0.4 is 0 Å². The van der Waals surface area contributed by atoms with Crippen LogP contribution in [0, 0.1) is 17.3 Å². The smallest absolute Gasteiger partial charge is 0.0689 e. The van der Waals surface area contributed by atoms with Gasteiger partial charge in [0.15, 0.2) is 0 Å². The van der Waals surface area contributed by atoms with Crippen molar-refractivity contribution in [3.63, 3.8) is 0 Å². The van der Waals surface area contributed by atoms with Crippen LogP contribution in [0.3, 0.4) is 0 Å². The van der Waals surface area contributed by atoms with E-state index >= 15 is 0 Å². The van der Waals surface area contributed by atoms with Gasteiger partial charge >= 0.3 is 0 Å². The van der Waals surface area contributed by atoms with Gasteiger partial charge in [0.05, 0.1) is 6.10 Å². The van der Waals surface area contributed by atoms with Gasteiger partial charge in [-0.15, -0.1) is 0 Å². The molecule has 1 rings (SSSR count). The Kier molecular flexibility index (Phi) is 3.59. The van der Waals surface area contributed by atoms with Gasteiger partial charge in [-0.05, 0) is 17.3 Å². The highest BCUT2D eigenvalue weighted by atomic mass is 16.3. The van der Waals surface area contributed by atoms with E-state index in [1.54, 1.807) is 0 Å². The molecule has 0 spiro atoms. The van der Waals surface area contributed by atoms with E-state index < -0.39 is 0 Å². The zero-order chi connectivity index (χ0) is 10.9. The van der Waals surface area contributed by atoms with Gasteiger partial charge in [-0.1, -0.05) is 34.6 Å². The Hall–Kier alpha value is -0.0800. The Balaban J connectivity index is 2.22. The van der Waals surface area contributed by atoms with Crippen molar-refractivity contribution in [3.8, 4) is 0 Å². The highest BCUT2D eigenvalue weighted by Gasteiger charge is 2.36. The van der Waals surface area contributed by atoms with Crippen molar-refractivity contribution < 1.29 is 5.11 Å². The molecule has 0 aromatic heterocycles. The number of rotatable bonds is 3. The molecule has 0 radical (unpaired) electrons. The summed E-state index contributed by atoms with van der Waals surface area (Å²) < 4.78 is 0. The van der Waals surface area contributed by atoms with Gasteiger partial charge < -0.3 is 10.0 Å². The van der Waals surface area contributed by atoms with Gasteiger partial charge in [0.1, 0.15) is 0 Å². The Labute approximate surface area is 88.3 Å². The van der Waals surface area contributed by atoms with E-state index in [9.17, 15) is 5.11 Å². The molecule has 0 bridgehead atoms. The van der Waals surface area contributed by atoms with Crippen molar-refractivity contribution in [2.24, 2.45) is 17.3 Å². The van der Waals surface area contributed by atoms with Gasteiger partial charge in [0, 0.05) is 19.6 Å². The maximum atomic E-state index is 9.71. The predicted molar refractivity (Wildman–Crippen MR) is 60.2 cm³/mol. The van der Waals surface area contributed by atoms with Crippen LogP contribution in [0.15, 0.2) is 0 Å².